The van der Waals surface area contributed by atoms with Crippen molar-refractivity contribution >= 4 is 21.8 Å². The molecule has 1 aliphatic carbocycles. The third kappa shape index (κ3) is 2.81. The predicted molar refractivity (Wildman–Crippen MR) is 88.8 cm³/mol. The van der Waals surface area contributed by atoms with Crippen LogP contribution < -0.4 is 5.32 Å². The summed E-state index contributed by atoms with van der Waals surface area (Å²) in [6.07, 6.45) is 3.07. The fraction of sp³-hybridized carbons (Fsp3) is 0.529. The smallest absolute Gasteiger partial charge is 0.269 e. The van der Waals surface area contributed by atoms with Gasteiger partial charge in [-0.3, -0.25) is 9.59 Å². The first kappa shape index (κ1) is 17.0. The lowest BCUT2D eigenvalue weighted by molar-refractivity contribution is -0.122. The van der Waals surface area contributed by atoms with Crippen molar-refractivity contribution in [2.24, 2.45) is 11.8 Å². The van der Waals surface area contributed by atoms with Crippen LogP contribution in [0.3, 0.4) is 0 Å². The topological polar surface area (TPSA) is 83.6 Å². The summed E-state index contributed by atoms with van der Waals surface area (Å²) in [4.78, 5) is 24.6. The Morgan fingerprint density at radius 1 is 1.25 bits per heavy atom. The highest BCUT2D eigenvalue weighted by atomic mass is 32.2. The van der Waals surface area contributed by atoms with Gasteiger partial charge in [-0.1, -0.05) is 38.8 Å². The maximum absolute atomic E-state index is 12.5. The number of benzene rings is 1. The van der Waals surface area contributed by atoms with Gasteiger partial charge in [0.05, 0.1) is 5.56 Å². The summed E-state index contributed by atoms with van der Waals surface area (Å²) in [7, 11) is -3.93. The first-order valence-electron chi connectivity index (χ1n) is 8.28. The molecule has 0 saturated heterocycles. The van der Waals surface area contributed by atoms with Crippen LogP contribution >= 0.6 is 0 Å². The molecule has 2 aliphatic rings. The highest BCUT2D eigenvalue weighted by molar-refractivity contribution is 7.90. The summed E-state index contributed by atoms with van der Waals surface area (Å²) in [5, 5.41) is 2.91. The third-order valence-electron chi connectivity index (χ3n) is 5.25. The van der Waals surface area contributed by atoms with Crippen molar-refractivity contribution in [3.63, 3.8) is 0 Å². The van der Waals surface area contributed by atoms with Gasteiger partial charge in [0.15, 0.2) is 0 Å². The number of hydrogen-bond donors (Lipinski definition) is 1. The van der Waals surface area contributed by atoms with E-state index in [0.29, 0.717) is 16.1 Å². The highest BCUT2D eigenvalue weighted by Gasteiger charge is 2.42. The Kier molecular flexibility index (Phi) is 4.38. The van der Waals surface area contributed by atoms with Crippen LogP contribution in [0.4, 0.5) is 0 Å². The van der Waals surface area contributed by atoms with Crippen LogP contribution in [0.5, 0.6) is 0 Å². The quantitative estimate of drug-likeness (QED) is 0.900. The average Bonchev–Trinajstić information content (AvgIpc) is 2.73. The van der Waals surface area contributed by atoms with Crippen LogP contribution in [-0.2, 0) is 14.8 Å². The fourth-order valence-corrected chi connectivity index (χ4v) is 5.08. The van der Waals surface area contributed by atoms with Crippen LogP contribution in [0.2, 0.25) is 0 Å². The molecule has 24 heavy (non-hydrogen) atoms. The molecular weight excluding hydrogens is 328 g/mol. The largest absolute Gasteiger partial charge is 0.352 e. The minimum absolute atomic E-state index is 0.0255. The van der Waals surface area contributed by atoms with E-state index in [1.54, 1.807) is 12.1 Å². The van der Waals surface area contributed by atoms with E-state index in [1.807, 2.05) is 0 Å². The summed E-state index contributed by atoms with van der Waals surface area (Å²) in [5.41, 5.74) is 0.130. The molecule has 1 aliphatic heterocycles. The Morgan fingerprint density at radius 2 is 1.96 bits per heavy atom. The van der Waals surface area contributed by atoms with Crippen molar-refractivity contribution in [3.05, 3.63) is 29.8 Å². The lowest BCUT2D eigenvalue weighted by Crippen LogP contribution is -2.48. The van der Waals surface area contributed by atoms with Gasteiger partial charge in [0, 0.05) is 6.04 Å². The minimum Gasteiger partial charge on any atom is -0.352 e. The number of carbonyl (C=O) groups is 2. The molecule has 1 N–H and O–H groups in total. The van der Waals surface area contributed by atoms with Gasteiger partial charge < -0.3 is 5.32 Å². The lowest BCUT2D eigenvalue weighted by atomic mass is 9.78. The van der Waals surface area contributed by atoms with E-state index in [2.05, 4.69) is 19.2 Å². The Morgan fingerprint density at radius 3 is 2.67 bits per heavy atom. The van der Waals surface area contributed by atoms with Crippen LogP contribution in [0, 0.1) is 11.8 Å². The molecule has 1 aromatic rings. The second-order valence-electron chi connectivity index (χ2n) is 6.75. The molecule has 1 heterocycles. The zero-order chi connectivity index (χ0) is 17.5. The number of nitrogens with one attached hydrogen (secondary N) is 1. The predicted octanol–water partition coefficient (Wildman–Crippen LogP) is 1.77. The summed E-state index contributed by atoms with van der Waals surface area (Å²) in [6, 6.07) is 6.08. The van der Waals surface area contributed by atoms with E-state index >= 15 is 0 Å². The first-order valence-corrected chi connectivity index (χ1v) is 9.72. The number of rotatable bonds is 3. The molecule has 0 aromatic heterocycles. The number of sulfonamides is 1. The lowest BCUT2D eigenvalue weighted by Gasteiger charge is -2.34. The van der Waals surface area contributed by atoms with Crippen molar-refractivity contribution in [2.75, 3.05) is 6.54 Å². The summed E-state index contributed by atoms with van der Waals surface area (Å²) in [5.74, 6) is -0.201. The van der Waals surface area contributed by atoms with Gasteiger partial charge >= 0.3 is 0 Å². The maximum atomic E-state index is 12.5. The average molecular weight is 350 g/mol. The summed E-state index contributed by atoms with van der Waals surface area (Å²) >= 11 is 0. The van der Waals surface area contributed by atoms with Gasteiger partial charge in [-0.25, -0.2) is 12.7 Å². The molecule has 1 aromatic carbocycles. The SMILES string of the molecule is C[C@@H]1[C@H](C)CCC[C@@H]1NC(=O)CN1C(=O)c2ccccc2S1(=O)=O. The van der Waals surface area contributed by atoms with Crippen molar-refractivity contribution in [2.45, 2.75) is 44.0 Å². The van der Waals surface area contributed by atoms with Gasteiger partial charge in [-0.15, -0.1) is 0 Å². The minimum atomic E-state index is -3.93. The second-order valence-corrected chi connectivity index (χ2v) is 8.59. The van der Waals surface area contributed by atoms with E-state index in [-0.39, 0.29) is 16.5 Å². The zero-order valence-corrected chi connectivity index (χ0v) is 14.7. The molecule has 0 radical (unpaired) electrons. The molecule has 7 heteroatoms. The Bertz CT molecular complexity index is 775. The van der Waals surface area contributed by atoms with Gasteiger partial charge in [-0.2, -0.15) is 0 Å². The highest BCUT2D eigenvalue weighted by Crippen LogP contribution is 2.31. The zero-order valence-electron chi connectivity index (χ0n) is 13.9. The Hall–Kier alpha value is -1.89. The van der Waals surface area contributed by atoms with E-state index < -0.39 is 28.4 Å². The van der Waals surface area contributed by atoms with E-state index in [9.17, 15) is 18.0 Å². The molecule has 3 rings (SSSR count). The molecule has 2 amide bonds. The number of carbonyl (C=O) groups excluding carboxylic acids is 2. The van der Waals surface area contributed by atoms with E-state index in [4.69, 9.17) is 0 Å². The monoisotopic (exact) mass is 350 g/mol. The van der Waals surface area contributed by atoms with Crippen LogP contribution in [0.1, 0.15) is 43.5 Å². The standard InChI is InChI=1S/C17H22N2O4S/c1-11-6-5-8-14(12(11)2)18-16(20)10-19-17(21)13-7-3-4-9-15(13)24(19,22)23/h3-4,7,9,11-12,14H,5-6,8,10H2,1-2H3,(H,18,20)/t11-,12-,14+/m1/s1. The molecule has 130 valence electrons. The molecule has 0 spiro atoms. The third-order valence-corrected chi connectivity index (χ3v) is 7.04. The molecule has 1 saturated carbocycles. The Balaban J connectivity index is 1.73. The molecule has 0 unspecified atom stereocenters. The number of nitrogens with zero attached hydrogens (tertiary/aromatic N) is 1. The van der Waals surface area contributed by atoms with E-state index in [1.165, 1.54) is 12.1 Å². The molecule has 1 fully saturated rings. The van der Waals surface area contributed by atoms with Gasteiger partial charge in [-0.05, 0) is 30.4 Å². The number of fused-ring (bicyclic) bond motifs is 1. The second kappa shape index (κ2) is 6.20. The summed E-state index contributed by atoms with van der Waals surface area (Å²) in [6.45, 7) is 3.80. The van der Waals surface area contributed by atoms with E-state index in [0.717, 1.165) is 19.3 Å². The first-order chi connectivity index (χ1) is 11.3. The fourth-order valence-electron chi connectivity index (χ4n) is 3.56. The number of hydrogen-bond acceptors (Lipinski definition) is 4. The number of amides is 2. The van der Waals surface area contributed by atoms with Crippen molar-refractivity contribution in [1.29, 1.82) is 0 Å². The van der Waals surface area contributed by atoms with Crippen LogP contribution in [0.15, 0.2) is 29.2 Å². The normalized spacial score (nSPS) is 28.5. The van der Waals surface area contributed by atoms with Gasteiger partial charge in [0.25, 0.3) is 15.9 Å². The van der Waals surface area contributed by atoms with Gasteiger partial charge in [0.2, 0.25) is 5.91 Å². The Labute approximate surface area is 142 Å². The molecular formula is C17H22N2O4S. The van der Waals surface area contributed by atoms with Crippen molar-refractivity contribution < 1.29 is 18.0 Å². The van der Waals surface area contributed by atoms with Crippen LogP contribution in [0.25, 0.3) is 0 Å². The van der Waals surface area contributed by atoms with Crippen LogP contribution in [-0.4, -0.2) is 37.1 Å². The molecule has 6 nitrogen and oxygen atoms in total. The maximum Gasteiger partial charge on any atom is 0.269 e. The molecule has 0 bridgehead atoms. The summed E-state index contributed by atoms with van der Waals surface area (Å²) < 4.78 is 25.6. The van der Waals surface area contributed by atoms with Gasteiger partial charge in [0.1, 0.15) is 11.4 Å². The van der Waals surface area contributed by atoms with Crippen molar-refractivity contribution in [3.8, 4) is 0 Å². The van der Waals surface area contributed by atoms with Crippen molar-refractivity contribution in [1.82, 2.24) is 9.62 Å². The molecule has 3 atom stereocenters.